The topological polar surface area (TPSA) is 59.6 Å². The highest BCUT2D eigenvalue weighted by Crippen LogP contribution is 2.25. The molecule has 0 atom stereocenters. The number of hydrogen-bond acceptors (Lipinski definition) is 4. The molecule has 0 aromatic heterocycles. The molecule has 0 aliphatic rings. The van der Waals surface area contributed by atoms with Gasteiger partial charge in [0.25, 0.3) is 0 Å². The summed E-state index contributed by atoms with van der Waals surface area (Å²) < 4.78 is 10.6. The molecule has 0 saturated carbocycles. The minimum absolute atomic E-state index is 0.0353. The predicted octanol–water partition coefficient (Wildman–Crippen LogP) is 1.54. The van der Waals surface area contributed by atoms with Gasteiger partial charge in [-0.1, -0.05) is 32.0 Å². The van der Waals surface area contributed by atoms with Crippen molar-refractivity contribution in [3.8, 4) is 5.75 Å². The molecule has 0 fully saturated rings. The zero-order chi connectivity index (χ0) is 15.5. The summed E-state index contributed by atoms with van der Waals surface area (Å²) in [6, 6.07) is 8.00. The van der Waals surface area contributed by atoms with Crippen molar-refractivity contribution in [1.82, 2.24) is 10.6 Å². The van der Waals surface area contributed by atoms with Gasteiger partial charge in [-0.05, 0) is 17.5 Å². The van der Waals surface area contributed by atoms with Crippen LogP contribution in [0.5, 0.6) is 5.75 Å². The maximum absolute atomic E-state index is 11.5. The lowest BCUT2D eigenvalue weighted by Gasteiger charge is -2.14. The van der Waals surface area contributed by atoms with E-state index in [0.717, 1.165) is 5.75 Å². The first kappa shape index (κ1) is 17.5. The molecule has 1 aromatic carbocycles. The lowest BCUT2D eigenvalue weighted by molar-refractivity contribution is -0.120. The fourth-order valence-corrected chi connectivity index (χ4v) is 1.88. The van der Waals surface area contributed by atoms with E-state index >= 15 is 0 Å². The molecule has 1 aromatic rings. The van der Waals surface area contributed by atoms with Gasteiger partial charge >= 0.3 is 0 Å². The first-order chi connectivity index (χ1) is 10.1. The zero-order valence-corrected chi connectivity index (χ0v) is 13.1. The van der Waals surface area contributed by atoms with Crippen molar-refractivity contribution in [3.63, 3.8) is 0 Å². The van der Waals surface area contributed by atoms with Crippen molar-refractivity contribution in [1.29, 1.82) is 0 Å². The van der Waals surface area contributed by atoms with Crippen LogP contribution in [-0.2, 0) is 9.53 Å². The highest BCUT2D eigenvalue weighted by Gasteiger charge is 2.06. The maximum Gasteiger partial charge on any atom is 0.234 e. The normalized spacial score (nSPS) is 10.7. The summed E-state index contributed by atoms with van der Waals surface area (Å²) in [7, 11) is 1.63. The van der Waals surface area contributed by atoms with Gasteiger partial charge in [0.05, 0.1) is 19.7 Å². The summed E-state index contributed by atoms with van der Waals surface area (Å²) in [6.45, 7) is 6.80. The fraction of sp³-hybridized carbons (Fsp3) is 0.562. The Morgan fingerprint density at radius 3 is 2.67 bits per heavy atom. The van der Waals surface area contributed by atoms with Gasteiger partial charge in [-0.2, -0.15) is 0 Å². The number of hydrogen-bond donors (Lipinski definition) is 2. The monoisotopic (exact) mass is 294 g/mol. The van der Waals surface area contributed by atoms with E-state index in [0.29, 0.717) is 38.8 Å². The molecular formula is C16H26N2O3. The van der Waals surface area contributed by atoms with Crippen LogP contribution in [0, 0.1) is 0 Å². The molecule has 0 radical (unpaired) electrons. The largest absolute Gasteiger partial charge is 0.491 e. The molecule has 118 valence electrons. The third-order valence-corrected chi connectivity index (χ3v) is 2.99. The van der Waals surface area contributed by atoms with E-state index in [1.54, 1.807) is 7.11 Å². The second-order valence-corrected chi connectivity index (χ2v) is 5.06. The number of rotatable bonds is 10. The predicted molar refractivity (Wildman–Crippen MR) is 83.8 cm³/mol. The molecule has 2 N–H and O–H groups in total. The van der Waals surface area contributed by atoms with Crippen molar-refractivity contribution < 1.29 is 14.3 Å². The molecule has 1 rings (SSSR count). The molecule has 21 heavy (non-hydrogen) atoms. The zero-order valence-electron chi connectivity index (χ0n) is 13.1. The van der Waals surface area contributed by atoms with Gasteiger partial charge in [0, 0.05) is 13.7 Å². The summed E-state index contributed by atoms with van der Waals surface area (Å²) in [5, 5.41) is 5.80. The van der Waals surface area contributed by atoms with Crippen molar-refractivity contribution in [2.24, 2.45) is 0 Å². The Labute approximate surface area is 127 Å². The highest BCUT2D eigenvalue weighted by molar-refractivity contribution is 5.77. The van der Waals surface area contributed by atoms with Crippen molar-refractivity contribution in [2.75, 3.05) is 40.0 Å². The molecule has 5 nitrogen and oxygen atoms in total. The van der Waals surface area contributed by atoms with Gasteiger partial charge in [0.1, 0.15) is 12.4 Å². The number of amides is 1. The molecule has 1 amide bonds. The first-order valence-electron chi connectivity index (χ1n) is 7.33. The van der Waals surface area contributed by atoms with Crippen molar-refractivity contribution in [3.05, 3.63) is 29.8 Å². The average Bonchev–Trinajstić information content (AvgIpc) is 2.48. The van der Waals surface area contributed by atoms with E-state index in [2.05, 4.69) is 30.5 Å². The Bertz CT molecular complexity index is 422. The molecule has 0 spiro atoms. The third-order valence-electron chi connectivity index (χ3n) is 2.99. The summed E-state index contributed by atoms with van der Waals surface area (Å²) in [4.78, 5) is 11.5. The number of benzene rings is 1. The lowest BCUT2D eigenvalue weighted by atomic mass is 10.0. The Morgan fingerprint density at radius 1 is 1.19 bits per heavy atom. The Kier molecular flexibility index (Phi) is 8.47. The van der Waals surface area contributed by atoms with Crippen molar-refractivity contribution >= 4 is 5.91 Å². The highest BCUT2D eigenvalue weighted by atomic mass is 16.5. The molecular weight excluding hydrogens is 268 g/mol. The van der Waals surface area contributed by atoms with E-state index in [1.165, 1.54) is 5.56 Å². The van der Waals surface area contributed by atoms with E-state index in [-0.39, 0.29) is 5.91 Å². The van der Waals surface area contributed by atoms with Gasteiger partial charge < -0.3 is 20.1 Å². The standard InChI is InChI=1S/C16H26N2O3/c1-13(2)14-6-4-5-7-15(14)21-11-9-18-16(19)12-17-8-10-20-3/h4-7,13,17H,8-12H2,1-3H3,(H,18,19). The Balaban J connectivity index is 2.21. The first-order valence-corrected chi connectivity index (χ1v) is 7.33. The second kappa shape index (κ2) is 10.2. The molecule has 5 heteroatoms. The van der Waals surface area contributed by atoms with E-state index in [9.17, 15) is 4.79 Å². The quantitative estimate of drug-likeness (QED) is 0.643. The number of carbonyl (C=O) groups excluding carboxylic acids is 1. The number of carbonyl (C=O) groups is 1. The molecule has 0 saturated heterocycles. The van der Waals surface area contributed by atoms with Crippen LogP contribution in [0.15, 0.2) is 24.3 Å². The summed E-state index contributed by atoms with van der Waals surface area (Å²) in [5.74, 6) is 1.27. The number of para-hydroxylation sites is 1. The minimum Gasteiger partial charge on any atom is -0.491 e. The van der Waals surface area contributed by atoms with Gasteiger partial charge in [-0.3, -0.25) is 4.79 Å². The summed E-state index contributed by atoms with van der Waals surface area (Å²) >= 11 is 0. The van der Waals surface area contributed by atoms with Crippen LogP contribution in [0.25, 0.3) is 0 Å². The van der Waals surface area contributed by atoms with Crippen LogP contribution in [0.2, 0.25) is 0 Å². The smallest absolute Gasteiger partial charge is 0.234 e. The van der Waals surface area contributed by atoms with Crippen LogP contribution in [-0.4, -0.2) is 45.9 Å². The van der Waals surface area contributed by atoms with Gasteiger partial charge in [-0.25, -0.2) is 0 Å². The minimum atomic E-state index is -0.0353. The molecule has 0 unspecified atom stereocenters. The Morgan fingerprint density at radius 2 is 1.95 bits per heavy atom. The van der Waals surface area contributed by atoms with E-state index in [1.807, 2.05) is 18.2 Å². The number of methoxy groups -OCH3 is 1. The van der Waals surface area contributed by atoms with E-state index < -0.39 is 0 Å². The van der Waals surface area contributed by atoms with Crippen LogP contribution >= 0.6 is 0 Å². The maximum atomic E-state index is 11.5. The third kappa shape index (κ3) is 7.11. The lowest BCUT2D eigenvalue weighted by Crippen LogP contribution is -2.37. The van der Waals surface area contributed by atoms with Crippen LogP contribution < -0.4 is 15.4 Å². The second-order valence-electron chi connectivity index (χ2n) is 5.06. The molecule has 0 aliphatic heterocycles. The molecule has 0 aliphatic carbocycles. The Hall–Kier alpha value is -1.59. The van der Waals surface area contributed by atoms with Crippen LogP contribution in [0.3, 0.4) is 0 Å². The van der Waals surface area contributed by atoms with Gasteiger partial charge in [0.2, 0.25) is 5.91 Å². The van der Waals surface area contributed by atoms with E-state index in [4.69, 9.17) is 9.47 Å². The van der Waals surface area contributed by atoms with Crippen LogP contribution in [0.1, 0.15) is 25.3 Å². The van der Waals surface area contributed by atoms with Gasteiger partial charge in [0.15, 0.2) is 0 Å². The summed E-state index contributed by atoms with van der Waals surface area (Å²) in [6.07, 6.45) is 0. The molecule has 0 heterocycles. The van der Waals surface area contributed by atoms with Crippen LogP contribution in [0.4, 0.5) is 0 Å². The number of nitrogens with one attached hydrogen (secondary N) is 2. The average molecular weight is 294 g/mol. The van der Waals surface area contributed by atoms with Crippen molar-refractivity contribution in [2.45, 2.75) is 19.8 Å². The SMILES string of the molecule is COCCNCC(=O)NCCOc1ccccc1C(C)C. The summed E-state index contributed by atoms with van der Waals surface area (Å²) in [5.41, 5.74) is 1.19. The molecule has 0 bridgehead atoms. The number of ether oxygens (including phenoxy) is 2. The fourth-order valence-electron chi connectivity index (χ4n) is 1.88. The van der Waals surface area contributed by atoms with Gasteiger partial charge in [-0.15, -0.1) is 0 Å².